The Hall–Kier alpha value is -2.93. The molecule has 0 spiro atoms. The molecule has 2 aliphatic rings. The van der Waals surface area contributed by atoms with Crippen LogP contribution in [-0.2, 0) is 12.8 Å². The lowest BCUT2D eigenvalue weighted by Gasteiger charge is -2.20. The standard InChI is InChI=1S/C23H28N6O/c1-28(2)9-8-21(15-6-4-3-5-7-15)29-14-18(13-24-29)25-23(30)22-19-11-16-10-17(16)12-20(19)26-27-22/h3-7,13-14,16-17,21H,8-12H2,1-2H3,(H,25,30)(H,26,27). The molecule has 0 bridgehead atoms. The zero-order valence-electron chi connectivity index (χ0n) is 17.5. The number of aromatic amines is 1. The lowest BCUT2D eigenvalue weighted by Crippen LogP contribution is -2.20. The van der Waals surface area contributed by atoms with Crippen molar-refractivity contribution >= 4 is 11.6 Å². The predicted octanol–water partition coefficient (Wildman–Crippen LogP) is 3.13. The van der Waals surface area contributed by atoms with Crippen molar-refractivity contribution in [1.82, 2.24) is 24.9 Å². The van der Waals surface area contributed by atoms with Crippen LogP contribution in [0, 0.1) is 11.8 Å². The number of H-pyrrole nitrogens is 1. The van der Waals surface area contributed by atoms with Crippen LogP contribution in [0.15, 0.2) is 42.7 Å². The maximum absolute atomic E-state index is 12.9. The minimum atomic E-state index is -0.157. The van der Waals surface area contributed by atoms with Crippen LogP contribution in [0.25, 0.3) is 0 Å². The minimum Gasteiger partial charge on any atom is -0.318 e. The molecule has 5 rings (SSSR count). The molecular formula is C23H28N6O. The number of amides is 1. The largest absolute Gasteiger partial charge is 0.318 e. The summed E-state index contributed by atoms with van der Waals surface area (Å²) < 4.78 is 1.95. The maximum Gasteiger partial charge on any atom is 0.276 e. The zero-order valence-corrected chi connectivity index (χ0v) is 17.5. The molecule has 3 aromatic rings. The van der Waals surface area contributed by atoms with E-state index in [1.54, 1.807) is 6.20 Å². The molecule has 7 heteroatoms. The summed E-state index contributed by atoms with van der Waals surface area (Å²) in [5.41, 5.74) is 4.69. The van der Waals surface area contributed by atoms with E-state index in [1.807, 2.05) is 16.9 Å². The first-order valence-corrected chi connectivity index (χ1v) is 10.7. The number of carbonyl (C=O) groups is 1. The summed E-state index contributed by atoms with van der Waals surface area (Å²) >= 11 is 0. The molecule has 2 aromatic heterocycles. The van der Waals surface area contributed by atoms with Gasteiger partial charge in [-0.1, -0.05) is 30.3 Å². The average molecular weight is 405 g/mol. The topological polar surface area (TPSA) is 78.8 Å². The fraction of sp³-hybridized carbons (Fsp3) is 0.435. The zero-order chi connectivity index (χ0) is 20.7. The number of anilines is 1. The van der Waals surface area contributed by atoms with Crippen molar-refractivity contribution in [1.29, 1.82) is 0 Å². The predicted molar refractivity (Wildman–Crippen MR) is 116 cm³/mol. The van der Waals surface area contributed by atoms with Crippen LogP contribution in [-0.4, -0.2) is 51.4 Å². The molecule has 156 valence electrons. The summed E-state index contributed by atoms with van der Waals surface area (Å²) in [7, 11) is 4.15. The number of nitrogens with one attached hydrogen (secondary N) is 2. The second kappa shape index (κ2) is 7.72. The Labute approximate surface area is 176 Å². The smallest absolute Gasteiger partial charge is 0.276 e. The van der Waals surface area contributed by atoms with Gasteiger partial charge in [0.2, 0.25) is 0 Å². The summed E-state index contributed by atoms with van der Waals surface area (Å²) in [6.07, 6.45) is 7.86. The second-order valence-electron chi connectivity index (χ2n) is 8.88. The van der Waals surface area contributed by atoms with Gasteiger partial charge in [-0.15, -0.1) is 0 Å². The molecular weight excluding hydrogens is 376 g/mol. The van der Waals surface area contributed by atoms with E-state index in [0.717, 1.165) is 48.9 Å². The molecule has 1 amide bonds. The van der Waals surface area contributed by atoms with Crippen LogP contribution >= 0.6 is 0 Å². The third kappa shape index (κ3) is 3.77. The van der Waals surface area contributed by atoms with Gasteiger partial charge in [-0.2, -0.15) is 10.2 Å². The first-order valence-electron chi connectivity index (χ1n) is 10.7. The third-order valence-electron chi connectivity index (χ3n) is 6.38. The van der Waals surface area contributed by atoms with E-state index >= 15 is 0 Å². The molecule has 1 aromatic carbocycles. The number of carbonyl (C=O) groups excluding carboxylic acids is 1. The molecule has 1 saturated carbocycles. The van der Waals surface area contributed by atoms with Crippen LogP contribution < -0.4 is 5.32 Å². The monoisotopic (exact) mass is 404 g/mol. The molecule has 3 unspecified atom stereocenters. The molecule has 3 atom stereocenters. The van der Waals surface area contributed by atoms with Crippen molar-refractivity contribution in [3.63, 3.8) is 0 Å². The molecule has 0 radical (unpaired) electrons. The number of hydrogen-bond acceptors (Lipinski definition) is 4. The van der Waals surface area contributed by atoms with Gasteiger partial charge < -0.3 is 10.2 Å². The van der Waals surface area contributed by atoms with Gasteiger partial charge >= 0.3 is 0 Å². The van der Waals surface area contributed by atoms with E-state index in [-0.39, 0.29) is 11.9 Å². The van der Waals surface area contributed by atoms with Crippen LogP contribution in [0.4, 0.5) is 5.69 Å². The Morgan fingerprint density at radius 1 is 1.27 bits per heavy atom. The van der Waals surface area contributed by atoms with Crippen molar-refractivity contribution in [3.05, 3.63) is 65.2 Å². The number of nitrogens with zero attached hydrogens (tertiary/aromatic N) is 4. The number of fused-ring (bicyclic) bond motifs is 2. The first-order chi connectivity index (χ1) is 14.6. The van der Waals surface area contributed by atoms with Crippen LogP contribution in [0.1, 0.15) is 46.2 Å². The molecule has 2 aliphatic carbocycles. The van der Waals surface area contributed by atoms with E-state index in [4.69, 9.17) is 0 Å². The molecule has 1 fully saturated rings. The van der Waals surface area contributed by atoms with Crippen LogP contribution in [0.5, 0.6) is 0 Å². The molecule has 30 heavy (non-hydrogen) atoms. The van der Waals surface area contributed by atoms with Crippen molar-refractivity contribution in [2.75, 3.05) is 26.0 Å². The van der Waals surface area contributed by atoms with Gasteiger partial charge in [0, 0.05) is 17.5 Å². The van der Waals surface area contributed by atoms with Gasteiger partial charge in [0.25, 0.3) is 5.91 Å². The Bertz CT molecular complexity index is 1040. The Balaban J connectivity index is 1.33. The fourth-order valence-corrected chi connectivity index (χ4v) is 4.58. The number of rotatable bonds is 7. The highest BCUT2D eigenvalue weighted by Gasteiger charge is 2.43. The van der Waals surface area contributed by atoms with Gasteiger partial charge in [-0.25, -0.2) is 0 Å². The van der Waals surface area contributed by atoms with Gasteiger partial charge in [0.1, 0.15) is 0 Å². The summed E-state index contributed by atoms with van der Waals surface area (Å²) in [5.74, 6) is 1.38. The van der Waals surface area contributed by atoms with Gasteiger partial charge in [-0.3, -0.25) is 14.6 Å². The number of aromatic nitrogens is 4. The van der Waals surface area contributed by atoms with Crippen LogP contribution in [0.3, 0.4) is 0 Å². The maximum atomic E-state index is 12.9. The Morgan fingerprint density at radius 3 is 2.87 bits per heavy atom. The Morgan fingerprint density at radius 2 is 2.07 bits per heavy atom. The lowest BCUT2D eigenvalue weighted by atomic mass is 9.96. The summed E-state index contributed by atoms with van der Waals surface area (Å²) in [5, 5.41) is 15.0. The van der Waals surface area contributed by atoms with E-state index in [2.05, 4.69) is 63.9 Å². The molecule has 2 N–H and O–H groups in total. The molecule has 0 saturated heterocycles. The SMILES string of the molecule is CN(C)CCC(c1ccccc1)n1cc(NC(=O)c2n[nH]c3c2CC2CC2C3)cn1. The van der Waals surface area contributed by atoms with Crippen molar-refractivity contribution in [2.45, 2.75) is 31.7 Å². The highest BCUT2D eigenvalue weighted by Crippen LogP contribution is 2.48. The summed E-state index contributed by atoms with van der Waals surface area (Å²) in [6, 6.07) is 10.5. The molecule has 0 aliphatic heterocycles. The minimum absolute atomic E-state index is 0.115. The molecule has 2 heterocycles. The summed E-state index contributed by atoms with van der Waals surface area (Å²) in [6.45, 7) is 0.947. The highest BCUT2D eigenvalue weighted by atomic mass is 16.2. The van der Waals surface area contributed by atoms with Gasteiger partial charge in [0.15, 0.2) is 5.69 Å². The van der Waals surface area contributed by atoms with E-state index in [9.17, 15) is 4.79 Å². The second-order valence-corrected chi connectivity index (χ2v) is 8.88. The van der Waals surface area contributed by atoms with Crippen molar-refractivity contribution < 1.29 is 4.79 Å². The average Bonchev–Trinajstić information content (AvgIpc) is 3.13. The van der Waals surface area contributed by atoms with Crippen molar-refractivity contribution in [2.24, 2.45) is 11.8 Å². The van der Waals surface area contributed by atoms with E-state index < -0.39 is 0 Å². The van der Waals surface area contributed by atoms with Crippen molar-refractivity contribution in [3.8, 4) is 0 Å². The van der Waals surface area contributed by atoms with E-state index in [1.165, 1.54) is 12.0 Å². The third-order valence-corrected chi connectivity index (χ3v) is 6.38. The highest BCUT2D eigenvalue weighted by molar-refractivity contribution is 6.04. The van der Waals surface area contributed by atoms with Gasteiger partial charge in [-0.05, 0) is 63.7 Å². The number of hydrogen-bond donors (Lipinski definition) is 2. The summed E-state index contributed by atoms with van der Waals surface area (Å²) in [4.78, 5) is 15.1. The fourth-order valence-electron chi connectivity index (χ4n) is 4.58. The lowest BCUT2D eigenvalue weighted by molar-refractivity contribution is 0.102. The quantitative estimate of drug-likeness (QED) is 0.634. The Kier molecular flexibility index (Phi) is 4.90. The molecule has 7 nitrogen and oxygen atoms in total. The first kappa shape index (κ1) is 19.1. The van der Waals surface area contributed by atoms with E-state index in [0.29, 0.717) is 11.4 Å². The number of benzene rings is 1. The van der Waals surface area contributed by atoms with Gasteiger partial charge in [0.05, 0.1) is 17.9 Å². The normalized spacial score (nSPS) is 20.5. The van der Waals surface area contributed by atoms with Crippen LogP contribution in [0.2, 0.25) is 0 Å².